The van der Waals surface area contributed by atoms with Gasteiger partial charge in [-0.25, -0.2) is 0 Å². The van der Waals surface area contributed by atoms with Gasteiger partial charge in [0.15, 0.2) is 0 Å². The first-order chi connectivity index (χ1) is 8.65. The second-order valence-corrected chi connectivity index (χ2v) is 5.47. The van der Waals surface area contributed by atoms with E-state index < -0.39 is 0 Å². The van der Waals surface area contributed by atoms with Crippen molar-refractivity contribution in [3.63, 3.8) is 0 Å². The number of phenols is 1. The average Bonchev–Trinajstić information content (AvgIpc) is 2.76. The maximum Gasteiger partial charge on any atom is 0.224 e. The van der Waals surface area contributed by atoms with Crippen LogP contribution in [0.4, 0.5) is 0 Å². The molecule has 1 aromatic heterocycles. The summed E-state index contributed by atoms with van der Waals surface area (Å²) in [5.74, 6) is 0.0853. The fourth-order valence-corrected chi connectivity index (χ4v) is 2.49. The Morgan fingerprint density at radius 2 is 2.06 bits per heavy atom. The van der Waals surface area contributed by atoms with Crippen LogP contribution in [-0.4, -0.2) is 11.0 Å². The minimum Gasteiger partial charge on any atom is -0.508 e. The van der Waals surface area contributed by atoms with Gasteiger partial charge in [-0.3, -0.25) is 4.79 Å². The number of para-hydroxylation sites is 1. The van der Waals surface area contributed by atoms with Crippen LogP contribution in [0.15, 0.2) is 36.4 Å². The van der Waals surface area contributed by atoms with Gasteiger partial charge in [-0.1, -0.05) is 18.2 Å². The second kappa shape index (κ2) is 5.69. The molecule has 1 amide bonds. The monoisotopic (exact) mass is 261 g/mol. The Kier molecular flexibility index (Phi) is 3.99. The number of hydrogen-bond donors (Lipinski definition) is 2. The molecule has 2 rings (SSSR count). The lowest BCUT2D eigenvalue weighted by Gasteiger charge is -2.05. The summed E-state index contributed by atoms with van der Waals surface area (Å²) >= 11 is 1.68. The molecule has 3 nitrogen and oxygen atoms in total. The highest BCUT2D eigenvalue weighted by Gasteiger charge is 2.07. The third-order valence-corrected chi connectivity index (χ3v) is 3.60. The van der Waals surface area contributed by atoms with Crippen molar-refractivity contribution in [2.75, 3.05) is 0 Å². The summed E-state index contributed by atoms with van der Waals surface area (Å²) in [6.07, 6.45) is 0.205. The number of nitrogens with one attached hydrogen (secondary N) is 1. The van der Waals surface area contributed by atoms with Crippen LogP contribution < -0.4 is 5.32 Å². The Labute approximate surface area is 110 Å². The van der Waals surface area contributed by atoms with Gasteiger partial charge >= 0.3 is 0 Å². The SMILES string of the molecule is Cc1ccc(CNC(=O)Cc2ccccc2O)s1. The molecule has 94 valence electrons. The number of thiophene rings is 1. The van der Waals surface area contributed by atoms with Crippen molar-refractivity contribution < 1.29 is 9.90 Å². The zero-order chi connectivity index (χ0) is 13.0. The molecule has 0 bridgehead atoms. The molecule has 0 saturated heterocycles. The van der Waals surface area contributed by atoms with Crippen LogP contribution in [-0.2, 0) is 17.8 Å². The lowest BCUT2D eigenvalue weighted by Crippen LogP contribution is -2.24. The van der Waals surface area contributed by atoms with E-state index in [1.165, 1.54) is 4.88 Å². The van der Waals surface area contributed by atoms with E-state index in [0.29, 0.717) is 12.1 Å². The Hall–Kier alpha value is -1.81. The van der Waals surface area contributed by atoms with Gasteiger partial charge in [0, 0.05) is 15.3 Å². The Morgan fingerprint density at radius 1 is 1.28 bits per heavy atom. The van der Waals surface area contributed by atoms with Crippen LogP contribution in [0, 0.1) is 6.92 Å². The second-order valence-electron chi connectivity index (χ2n) is 4.09. The fourth-order valence-electron chi connectivity index (χ4n) is 1.66. The quantitative estimate of drug-likeness (QED) is 0.889. The molecule has 0 aliphatic heterocycles. The number of carbonyl (C=O) groups is 1. The van der Waals surface area contributed by atoms with Crippen molar-refractivity contribution in [1.82, 2.24) is 5.32 Å². The number of benzene rings is 1. The first-order valence-electron chi connectivity index (χ1n) is 5.74. The van der Waals surface area contributed by atoms with Crippen LogP contribution in [0.2, 0.25) is 0 Å². The van der Waals surface area contributed by atoms with Crippen molar-refractivity contribution in [3.8, 4) is 5.75 Å². The molecule has 2 aromatic rings. The zero-order valence-electron chi connectivity index (χ0n) is 10.1. The normalized spacial score (nSPS) is 10.3. The molecule has 0 saturated carbocycles. The number of rotatable bonds is 4. The molecule has 0 spiro atoms. The third-order valence-electron chi connectivity index (χ3n) is 2.60. The maximum absolute atomic E-state index is 11.7. The summed E-state index contributed by atoms with van der Waals surface area (Å²) in [7, 11) is 0. The van der Waals surface area contributed by atoms with Gasteiger partial charge in [-0.2, -0.15) is 0 Å². The van der Waals surface area contributed by atoms with Gasteiger partial charge in [0.25, 0.3) is 0 Å². The lowest BCUT2D eigenvalue weighted by atomic mass is 10.1. The molecule has 0 aliphatic rings. The molecule has 2 N–H and O–H groups in total. The molecule has 0 unspecified atom stereocenters. The molecule has 0 fully saturated rings. The summed E-state index contributed by atoms with van der Waals surface area (Å²) in [4.78, 5) is 14.1. The van der Waals surface area contributed by atoms with Gasteiger partial charge in [0.05, 0.1) is 13.0 Å². The molecule has 0 atom stereocenters. The van der Waals surface area contributed by atoms with Crippen molar-refractivity contribution >= 4 is 17.2 Å². The lowest BCUT2D eigenvalue weighted by molar-refractivity contribution is -0.120. The van der Waals surface area contributed by atoms with Crippen molar-refractivity contribution in [1.29, 1.82) is 0 Å². The molecule has 18 heavy (non-hydrogen) atoms. The first-order valence-corrected chi connectivity index (χ1v) is 6.55. The van der Waals surface area contributed by atoms with Crippen molar-refractivity contribution in [2.24, 2.45) is 0 Å². The minimum absolute atomic E-state index is 0.0810. The van der Waals surface area contributed by atoms with Gasteiger partial charge < -0.3 is 10.4 Å². The van der Waals surface area contributed by atoms with E-state index in [0.717, 1.165) is 4.88 Å². The molecule has 1 heterocycles. The summed E-state index contributed by atoms with van der Waals surface area (Å²) in [5, 5.41) is 12.4. The number of aromatic hydroxyl groups is 1. The number of hydrogen-bond acceptors (Lipinski definition) is 3. The summed E-state index contributed by atoms with van der Waals surface area (Å²) in [5.41, 5.74) is 0.650. The molecular weight excluding hydrogens is 246 g/mol. The Bertz CT molecular complexity index is 548. The fraction of sp³-hybridized carbons (Fsp3) is 0.214. The summed E-state index contributed by atoms with van der Waals surface area (Å²) < 4.78 is 0. The molecule has 0 aliphatic carbocycles. The highest BCUT2D eigenvalue weighted by atomic mass is 32.1. The van der Waals surface area contributed by atoms with Crippen LogP contribution in [0.25, 0.3) is 0 Å². The Balaban J connectivity index is 1.88. The smallest absolute Gasteiger partial charge is 0.224 e. The molecular formula is C14H15NO2S. The number of carbonyl (C=O) groups excluding carboxylic acids is 1. The Morgan fingerprint density at radius 3 is 2.72 bits per heavy atom. The maximum atomic E-state index is 11.7. The standard InChI is InChI=1S/C14H15NO2S/c1-10-6-7-12(18-10)9-15-14(17)8-11-4-2-3-5-13(11)16/h2-7,16H,8-9H2,1H3,(H,15,17). The van der Waals surface area contributed by atoms with Crippen molar-refractivity contribution in [2.45, 2.75) is 19.9 Å². The summed E-state index contributed by atoms with van der Waals surface area (Å²) in [6, 6.07) is 10.9. The predicted molar refractivity (Wildman–Crippen MR) is 72.7 cm³/mol. The number of aryl methyl sites for hydroxylation is 1. The van der Waals surface area contributed by atoms with E-state index in [1.807, 2.05) is 25.1 Å². The predicted octanol–water partition coefficient (Wildman–Crippen LogP) is 2.62. The van der Waals surface area contributed by atoms with Crippen LogP contribution >= 0.6 is 11.3 Å². The van der Waals surface area contributed by atoms with E-state index in [9.17, 15) is 9.90 Å². The van der Waals surface area contributed by atoms with E-state index in [4.69, 9.17) is 0 Å². The number of phenolic OH excluding ortho intramolecular Hbond substituents is 1. The largest absolute Gasteiger partial charge is 0.508 e. The van der Waals surface area contributed by atoms with E-state index >= 15 is 0 Å². The minimum atomic E-state index is -0.0810. The third kappa shape index (κ3) is 3.34. The van der Waals surface area contributed by atoms with E-state index in [-0.39, 0.29) is 18.1 Å². The summed E-state index contributed by atoms with van der Waals surface area (Å²) in [6.45, 7) is 2.59. The van der Waals surface area contributed by atoms with Gasteiger partial charge in [0.1, 0.15) is 5.75 Å². The van der Waals surface area contributed by atoms with E-state index in [1.54, 1.807) is 29.5 Å². The van der Waals surface area contributed by atoms with Gasteiger partial charge in [-0.15, -0.1) is 11.3 Å². The van der Waals surface area contributed by atoms with Crippen LogP contribution in [0.3, 0.4) is 0 Å². The van der Waals surface area contributed by atoms with Crippen LogP contribution in [0.1, 0.15) is 15.3 Å². The van der Waals surface area contributed by atoms with E-state index in [2.05, 4.69) is 5.32 Å². The van der Waals surface area contributed by atoms with Crippen LogP contribution in [0.5, 0.6) is 5.75 Å². The molecule has 0 radical (unpaired) electrons. The van der Waals surface area contributed by atoms with Crippen molar-refractivity contribution in [3.05, 3.63) is 51.7 Å². The first kappa shape index (κ1) is 12.6. The molecule has 1 aromatic carbocycles. The van der Waals surface area contributed by atoms with Gasteiger partial charge in [0.2, 0.25) is 5.91 Å². The highest BCUT2D eigenvalue weighted by molar-refractivity contribution is 7.11. The average molecular weight is 261 g/mol. The number of amides is 1. The topological polar surface area (TPSA) is 49.3 Å². The highest BCUT2D eigenvalue weighted by Crippen LogP contribution is 2.17. The van der Waals surface area contributed by atoms with Gasteiger partial charge in [-0.05, 0) is 25.1 Å². The molecule has 4 heteroatoms. The zero-order valence-corrected chi connectivity index (χ0v) is 11.0.